The first-order valence-corrected chi connectivity index (χ1v) is 9.93. The monoisotopic (exact) mass is 406 g/mol. The fourth-order valence-corrected chi connectivity index (χ4v) is 4.80. The van der Waals surface area contributed by atoms with Gasteiger partial charge in [-0.2, -0.15) is 0 Å². The fraction of sp³-hybridized carbons (Fsp3) is 0.167. The lowest BCUT2D eigenvalue weighted by molar-refractivity contribution is -0.142. The minimum atomic E-state index is -0.529. The third-order valence-corrected chi connectivity index (χ3v) is 5.97. The molecule has 0 bridgehead atoms. The van der Waals surface area contributed by atoms with Gasteiger partial charge in [-0.1, -0.05) is 53.4 Å². The van der Waals surface area contributed by atoms with Crippen LogP contribution in [0.5, 0.6) is 0 Å². The molecule has 3 rings (SSSR count). The van der Waals surface area contributed by atoms with Crippen molar-refractivity contribution < 1.29 is 13.9 Å². The van der Waals surface area contributed by atoms with Crippen LogP contribution in [0, 0.1) is 9.77 Å². The van der Waals surface area contributed by atoms with Crippen LogP contribution < -0.4 is 0 Å². The first-order chi connectivity index (χ1) is 12.6. The summed E-state index contributed by atoms with van der Waals surface area (Å²) in [6.07, 6.45) is 0. The molecule has 0 spiro atoms. The Labute approximate surface area is 163 Å². The summed E-state index contributed by atoms with van der Waals surface area (Å²) >= 11 is 7.96. The number of ether oxygens (including phenoxy) is 1. The van der Waals surface area contributed by atoms with E-state index in [9.17, 15) is 9.18 Å². The normalized spacial score (nSPS) is 11.9. The second-order valence-corrected chi connectivity index (χ2v) is 8.16. The van der Waals surface area contributed by atoms with Crippen molar-refractivity contribution in [3.8, 4) is 5.69 Å². The number of benzene rings is 2. The zero-order chi connectivity index (χ0) is 18.5. The number of halogens is 1. The Balaban J connectivity index is 1.90. The molecule has 4 nitrogen and oxygen atoms in total. The predicted molar refractivity (Wildman–Crippen MR) is 104 cm³/mol. The number of carbonyl (C=O) groups is 1. The predicted octanol–water partition coefficient (Wildman–Crippen LogP) is 5.20. The van der Waals surface area contributed by atoms with Crippen LogP contribution in [0.4, 0.5) is 4.39 Å². The van der Waals surface area contributed by atoms with Crippen molar-refractivity contribution in [2.75, 3.05) is 6.61 Å². The molecule has 26 heavy (non-hydrogen) atoms. The molecule has 1 atom stereocenters. The summed E-state index contributed by atoms with van der Waals surface area (Å²) in [5.74, 6) is -0.644. The van der Waals surface area contributed by atoms with E-state index in [4.69, 9.17) is 17.0 Å². The molecule has 0 unspecified atom stereocenters. The zero-order valence-electron chi connectivity index (χ0n) is 13.8. The summed E-state index contributed by atoms with van der Waals surface area (Å²) in [6, 6.07) is 15.3. The van der Waals surface area contributed by atoms with Gasteiger partial charge in [-0.15, -0.1) is 5.10 Å². The van der Waals surface area contributed by atoms with Gasteiger partial charge in [0.1, 0.15) is 11.1 Å². The van der Waals surface area contributed by atoms with Gasteiger partial charge in [0.15, 0.2) is 8.29 Å². The Bertz CT molecular complexity index is 939. The van der Waals surface area contributed by atoms with Gasteiger partial charge in [-0.3, -0.25) is 4.79 Å². The van der Waals surface area contributed by atoms with Crippen molar-refractivity contribution >= 4 is 41.3 Å². The topological polar surface area (TPSA) is 44.1 Å². The summed E-state index contributed by atoms with van der Waals surface area (Å²) < 4.78 is 21.1. The second-order valence-electron chi connectivity index (χ2n) is 5.18. The summed E-state index contributed by atoms with van der Waals surface area (Å²) in [7, 11) is 0. The Hall–Kier alpha value is -2.03. The smallest absolute Gasteiger partial charge is 0.324 e. The van der Waals surface area contributed by atoms with Crippen LogP contribution in [0.1, 0.15) is 17.7 Å². The molecule has 3 aromatic rings. The average Bonchev–Trinajstić information content (AvgIpc) is 3.01. The highest BCUT2D eigenvalue weighted by Crippen LogP contribution is 2.38. The lowest BCUT2D eigenvalue weighted by atomic mass is 10.1. The number of rotatable bonds is 6. The zero-order valence-corrected chi connectivity index (χ0v) is 16.2. The van der Waals surface area contributed by atoms with Gasteiger partial charge in [0, 0.05) is 0 Å². The van der Waals surface area contributed by atoms with Gasteiger partial charge in [0.05, 0.1) is 12.3 Å². The minimum absolute atomic E-state index is 0.308. The van der Waals surface area contributed by atoms with E-state index < -0.39 is 5.25 Å². The third-order valence-electron chi connectivity index (χ3n) is 3.42. The summed E-state index contributed by atoms with van der Waals surface area (Å²) in [5, 5.41) is 3.95. The molecule has 8 heteroatoms. The van der Waals surface area contributed by atoms with Crippen LogP contribution in [-0.4, -0.2) is 22.4 Å². The number of esters is 1. The Morgan fingerprint density at radius 3 is 2.62 bits per heavy atom. The lowest BCUT2D eigenvalue weighted by Crippen LogP contribution is -2.13. The molecule has 2 aromatic carbocycles. The molecule has 0 amide bonds. The summed E-state index contributed by atoms with van der Waals surface area (Å²) in [5.41, 5.74) is 1.51. The second kappa shape index (κ2) is 8.57. The van der Waals surface area contributed by atoms with E-state index in [2.05, 4.69) is 5.10 Å². The average molecular weight is 407 g/mol. The van der Waals surface area contributed by atoms with Crippen LogP contribution in [0.15, 0.2) is 58.9 Å². The molecule has 0 aliphatic heterocycles. The van der Waals surface area contributed by atoms with Crippen molar-refractivity contribution in [1.82, 2.24) is 9.78 Å². The quantitative estimate of drug-likeness (QED) is 0.320. The minimum Gasteiger partial charge on any atom is -0.465 e. The number of thioether (sulfide) groups is 1. The molecule has 0 aliphatic carbocycles. The van der Waals surface area contributed by atoms with Crippen molar-refractivity contribution in [2.45, 2.75) is 16.5 Å². The molecule has 134 valence electrons. The highest BCUT2D eigenvalue weighted by atomic mass is 32.2. The van der Waals surface area contributed by atoms with Crippen molar-refractivity contribution in [3.63, 3.8) is 0 Å². The first kappa shape index (κ1) is 18.8. The van der Waals surface area contributed by atoms with Crippen LogP contribution in [0.3, 0.4) is 0 Å². The van der Waals surface area contributed by atoms with E-state index in [0.717, 1.165) is 5.56 Å². The van der Waals surface area contributed by atoms with Gasteiger partial charge < -0.3 is 4.74 Å². The molecule has 0 saturated heterocycles. The molecule has 0 N–H and O–H groups in total. The van der Waals surface area contributed by atoms with E-state index in [1.807, 2.05) is 30.3 Å². The molecule has 0 saturated carbocycles. The van der Waals surface area contributed by atoms with Crippen molar-refractivity contribution in [1.29, 1.82) is 0 Å². The Morgan fingerprint density at radius 2 is 1.96 bits per heavy atom. The van der Waals surface area contributed by atoms with Crippen LogP contribution in [-0.2, 0) is 9.53 Å². The van der Waals surface area contributed by atoms with Crippen LogP contribution in [0.25, 0.3) is 5.69 Å². The van der Waals surface area contributed by atoms with E-state index in [-0.39, 0.29) is 11.8 Å². The Kier molecular flexibility index (Phi) is 6.18. The van der Waals surface area contributed by atoms with Gasteiger partial charge in [-0.05, 0) is 49.0 Å². The van der Waals surface area contributed by atoms with Crippen molar-refractivity contribution in [2.24, 2.45) is 0 Å². The number of hydrogen-bond donors (Lipinski definition) is 0. The van der Waals surface area contributed by atoms with Gasteiger partial charge >= 0.3 is 5.97 Å². The maximum absolute atomic E-state index is 13.1. The summed E-state index contributed by atoms with van der Waals surface area (Å²) in [4.78, 5) is 12.4. The highest BCUT2D eigenvalue weighted by molar-refractivity contribution is 8.02. The number of nitrogens with zero attached hydrogens (tertiary/aromatic N) is 2. The van der Waals surface area contributed by atoms with E-state index in [0.29, 0.717) is 20.6 Å². The standard InChI is InChI=1S/C18H15FN2O2S3/c1-2-23-16(22)15(12-6-4-3-5-7-12)25-17-20-21(18(24)26-17)14-10-8-13(19)9-11-14/h3-11,15H,2H2,1H3/t15-/m1/s1. The molecule has 0 fully saturated rings. The first-order valence-electron chi connectivity index (χ1n) is 7.83. The SMILES string of the molecule is CCOC(=O)[C@H](Sc1nn(-c2ccc(F)cc2)c(=S)s1)c1ccccc1. The third kappa shape index (κ3) is 4.38. The largest absolute Gasteiger partial charge is 0.465 e. The fourth-order valence-electron chi connectivity index (χ4n) is 2.25. The molecular weight excluding hydrogens is 391 g/mol. The summed E-state index contributed by atoms with van der Waals surface area (Å²) in [6.45, 7) is 2.08. The molecule has 1 aromatic heterocycles. The Morgan fingerprint density at radius 1 is 1.27 bits per heavy atom. The van der Waals surface area contributed by atoms with Crippen LogP contribution >= 0.6 is 35.3 Å². The van der Waals surface area contributed by atoms with E-state index >= 15 is 0 Å². The maximum Gasteiger partial charge on any atom is 0.324 e. The number of hydrogen-bond acceptors (Lipinski definition) is 6. The highest BCUT2D eigenvalue weighted by Gasteiger charge is 2.25. The van der Waals surface area contributed by atoms with Crippen LogP contribution in [0.2, 0.25) is 0 Å². The maximum atomic E-state index is 13.1. The number of carbonyl (C=O) groups excluding carboxylic acids is 1. The van der Waals surface area contributed by atoms with E-state index in [1.54, 1.807) is 23.7 Å². The number of aromatic nitrogens is 2. The van der Waals surface area contributed by atoms with Gasteiger partial charge in [-0.25, -0.2) is 9.07 Å². The van der Waals surface area contributed by atoms with Gasteiger partial charge in [0.25, 0.3) is 0 Å². The molecule has 0 radical (unpaired) electrons. The lowest BCUT2D eigenvalue weighted by Gasteiger charge is -2.13. The van der Waals surface area contributed by atoms with Crippen molar-refractivity contribution in [3.05, 3.63) is 69.9 Å². The van der Waals surface area contributed by atoms with E-state index in [1.165, 1.54) is 35.2 Å². The molecule has 0 aliphatic rings. The molecule has 1 heterocycles. The van der Waals surface area contributed by atoms with Gasteiger partial charge in [0.2, 0.25) is 0 Å². The molecular formula is C18H15FN2O2S3.